The van der Waals surface area contributed by atoms with Gasteiger partial charge in [0.25, 0.3) is 0 Å². The Kier molecular flexibility index (Phi) is 1.88. The third-order valence-electron chi connectivity index (χ3n) is 3.44. The summed E-state index contributed by atoms with van der Waals surface area (Å²) in [4.78, 5) is 0. The van der Waals surface area contributed by atoms with Crippen LogP contribution in [0.25, 0.3) is 5.57 Å². The SMILES string of the molecule is C=C1c2ccccc2CC2=CC=CCC12. The van der Waals surface area contributed by atoms with Gasteiger partial charge in [0.15, 0.2) is 0 Å². The first-order chi connectivity index (χ1) is 7.36. The zero-order valence-electron chi connectivity index (χ0n) is 8.74. The van der Waals surface area contributed by atoms with Crippen molar-refractivity contribution in [2.45, 2.75) is 12.8 Å². The maximum absolute atomic E-state index is 4.27. The highest BCUT2D eigenvalue weighted by Crippen LogP contribution is 2.40. The zero-order valence-corrected chi connectivity index (χ0v) is 8.74. The van der Waals surface area contributed by atoms with E-state index in [2.05, 4.69) is 49.1 Å². The molecule has 0 heteroatoms. The average molecular weight is 194 g/mol. The third-order valence-corrected chi connectivity index (χ3v) is 3.44. The largest absolute Gasteiger partial charge is 0.0946 e. The Balaban J connectivity index is 2.14. The van der Waals surface area contributed by atoms with Gasteiger partial charge < -0.3 is 0 Å². The van der Waals surface area contributed by atoms with E-state index in [9.17, 15) is 0 Å². The van der Waals surface area contributed by atoms with Crippen LogP contribution in [0.5, 0.6) is 0 Å². The highest BCUT2D eigenvalue weighted by Gasteiger charge is 2.25. The van der Waals surface area contributed by atoms with Gasteiger partial charge in [-0.05, 0) is 29.5 Å². The molecule has 0 heterocycles. The molecule has 15 heavy (non-hydrogen) atoms. The molecule has 0 saturated carbocycles. The lowest BCUT2D eigenvalue weighted by Crippen LogP contribution is -2.16. The quantitative estimate of drug-likeness (QED) is 0.590. The molecule has 1 aromatic carbocycles. The van der Waals surface area contributed by atoms with E-state index in [1.165, 1.54) is 22.3 Å². The molecule has 3 rings (SSSR count). The predicted octanol–water partition coefficient (Wildman–Crippen LogP) is 3.76. The molecule has 0 aliphatic heterocycles. The smallest absolute Gasteiger partial charge is 0.00893 e. The first-order valence-electron chi connectivity index (χ1n) is 5.49. The van der Waals surface area contributed by atoms with Crippen LogP contribution in [0.4, 0.5) is 0 Å². The Bertz CT molecular complexity index is 475. The average Bonchev–Trinajstić information content (AvgIpc) is 2.30. The van der Waals surface area contributed by atoms with E-state index in [1.807, 2.05) is 0 Å². The molecule has 0 bridgehead atoms. The van der Waals surface area contributed by atoms with E-state index in [-0.39, 0.29) is 0 Å². The van der Waals surface area contributed by atoms with Crippen LogP contribution in [0, 0.1) is 5.92 Å². The van der Waals surface area contributed by atoms with Crippen LogP contribution in [-0.4, -0.2) is 0 Å². The minimum atomic E-state index is 0.560. The van der Waals surface area contributed by atoms with Crippen molar-refractivity contribution in [1.29, 1.82) is 0 Å². The van der Waals surface area contributed by atoms with Crippen molar-refractivity contribution in [3.8, 4) is 0 Å². The molecule has 0 fully saturated rings. The third kappa shape index (κ3) is 1.29. The molecule has 0 nitrogen and oxygen atoms in total. The topological polar surface area (TPSA) is 0 Å². The van der Waals surface area contributed by atoms with E-state index in [1.54, 1.807) is 0 Å². The number of fused-ring (bicyclic) bond motifs is 2. The number of benzene rings is 1. The van der Waals surface area contributed by atoms with Crippen LogP contribution in [0.15, 0.2) is 54.6 Å². The summed E-state index contributed by atoms with van der Waals surface area (Å²) in [6.07, 6.45) is 8.90. The summed E-state index contributed by atoms with van der Waals surface area (Å²) in [5, 5.41) is 0. The zero-order chi connectivity index (χ0) is 10.3. The fourth-order valence-corrected chi connectivity index (χ4v) is 2.62. The fraction of sp³-hybridized carbons (Fsp3) is 0.200. The van der Waals surface area contributed by atoms with Gasteiger partial charge in [-0.1, -0.05) is 54.6 Å². The minimum absolute atomic E-state index is 0.560. The van der Waals surface area contributed by atoms with Gasteiger partial charge in [-0.15, -0.1) is 0 Å². The van der Waals surface area contributed by atoms with E-state index in [4.69, 9.17) is 0 Å². The molecule has 0 N–H and O–H groups in total. The van der Waals surface area contributed by atoms with Crippen molar-refractivity contribution in [3.63, 3.8) is 0 Å². The standard InChI is InChI=1S/C15H14/c1-11-14-8-4-2-6-12(14)10-13-7-3-5-9-15(11)13/h2-8,15H,1,9-10H2. The van der Waals surface area contributed by atoms with Gasteiger partial charge in [-0.2, -0.15) is 0 Å². The van der Waals surface area contributed by atoms with E-state index in [0.29, 0.717) is 5.92 Å². The first kappa shape index (κ1) is 8.72. The van der Waals surface area contributed by atoms with Crippen molar-refractivity contribution in [2.75, 3.05) is 0 Å². The molecule has 2 aliphatic carbocycles. The lowest BCUT2D eigenvalue weighted by atomic mass is 9.74. The summed E-state index contributed by atoms with van der Waals surface area (Å²) in [7, 11) is 0. The number of allylic oxidation sites excluding steroid dienone is 5. The lowest BCUT2D eigenvalue weighted by Gasteiger charge is -2.30. The van der Waals surface area contributed by atoms with Crippen molar-refractivity contribution in [1.82, 2.24) is 0 Å². The van der Waals surface area contributed by atoms with E-state index in [0.717, 1.165) is 12.8 Å². The van der Waals surface area contributed by atoms with Crippen LogP contribution < -0.4 is 0 Å². The number of hydrogen-bond donors (Lipinski definition) is 0. The van der Waals surface area contributed by atoms with Gasteiger partial charge in [0.1, 0.15) is 0 Å². The predicted molar refractivity (Wildman–Crippen MR) is 64.5 cm³/mol. The Morgan fingerprint density at radius 1 is 1.20 bits per heavy atom. The molecule has 1 unspecified atom stereocenters. The van der Waals surface area contributed by atoms with Crippen LogP contribution in [0.3, 0.4) is 0 Å². The molecular formula is C15H14. The van der Waals surface area contributed by atoms with Crippen molar-refractivity contribution in [2.24, 2.45) is 5.92 Å². The summed E-state index contributed by atoms with van der Waals surface area (Å²) in [6.45, 7) is 4.27. The summed E-state index contributed by atoms with van der Waals surface area (Å²) in [6, 6.07) is 8.64. The van der Waals surface area contributed by atoms with Gasteiger partial charge in [0, 0.05) is 5.92 Å². The molecule has 0 saturated heterocycles. The van der Waals surface area contributed by atoms with Crippen LogP contribution in [0.2, 0.25) is 0 Å². The van der Waals surface area contributed by atoms with Crippen LogP contribution in [0.1, 0.15) is 17.5 Å². The monoisotopic (exact) mass is 194 g/mol. The van der Waals surface area contributed by atoms with Gasteiger partial charge in [0.05, 0.1) is 0 Å². The fourth-order valence-electron chi connectivity index (χ4n) is 2.62. The molecule has 1 atom stereocenters. The summed E-state index contributed by atoms with van der Waals surface area (Å²) >= 11 is 0. The first-order valence-corrected chi connectivity index (χ1v) is 5.49. The second kappa shape index (κ2) is 3.23. The van der Waals surface area contributed by atoms with E-state index < -0.39 is 0 Å². The van der Waals surface area contributed by atoms with Gasteiger partial charge in [-0.25, -0.2) is 0 Å². The van der Waals surface area contributed by atoms with Gasteiger partial charge in [-0.3, -0.25) is 0 Å². The molecule has 1 aromatic rings. The van der Waals surface area contributed by atoms with Crippen LogP contribution in [-0.2, 0) is 6.42 Å². The Morgan fingerprint density at radius 3 is 3.00 bits per heavy atom. The molecule has 0 aromatic heterocycles. The molecule has 74 valence electrons. The molecule has 0 spiro atoms. The normalized spacial score (nSPS) is 23.1. The lowest BCUT2D eigenvalue weighted by molar-refractivity contribution is 0.738. The van der Waals surface area contributed by atoms with Crippen molar-refractivity contribution in [3.05, 3.63) is 65.8 Å². The van der Waals surface area contributed by atoms with Crippen molar-refractivity contribution < 1.29 is 0 Å². The molecule has 2 aliphatic rings. The van der Waals surface area contributed by atoms with Gasteiger partial charge in [0.2, 0.25) is 0 Å². The summed E-state index contributed by atoms with van der Waals surface area (Å²) in [5.74, 6) is 0.560. The molecule has 0 radical (unpaired) electrons. The Hall–Kier alpha value is -1.56. The highest BCUT2D eigenvalue weighted by atomic mass is 14.3. The summed E-state index contributed by atoms with van der Waals surface area (Å²) < 4.78 is 0. The van der Waals surface area contributed by atoms with Gasteiger partial charge >= 0.3 is 0 Å². The molecular weight excluding hydrogens is 180 g/mol. The highest BCUT2D eigenvalue weighted by molar-refractivity contribution is 5.74. The Labute approximate surface area is 90.6 Å². The second-order valence-electron chi connectivity index (χ2n) is 4.32. The number of rotatable bonds is 0. The van der Waals surface area contributed by atoms with E-state index >= 15 is 0 Å². The maximum atomic E-state index is 4.27. The minimum Gasteiger partial charge on any atom is -0.0946 e. The summed E-state index contributed by atoms with van der Waals surface area (Å²) in [5.41, 5.74) is 5.63. The van der Waals surface area contributed by atoms with Crippen LogP contribution >= 0.6 is 0 Å². The molecule has 0 amide bonds. The Morgan fingerprint density at radius 2 is 2.07 bits per heavy atom. The maximum Gasteiger partial charge on any atom is 0.00893 e. The number of hydrogen-bond acceptors (Lipinski definition) is 0. The van der Waals surface area contributed by atoms with Crippen molar-refractivity contribution >= 4 is 5.57 Å². The second-order valence-corrected chi connectivity index (χ2v) is 4.32.